The molecular formula is C7H4ClF3IN. The van der Waals surface area contributed by atoms with Crippen molar-refractivity contribution in [3.63, 3.8) is 0 Å². The molecule has 0 fully saturated rings. The maximum atomic E-state index is 13.0. The van der Waals surface area contributed by atoms with Crippen molar-refractivity contribution in [1.82, 2.24) is 4.98 Å². The van der Waals surface area contributed by atoms with Crippen molar-refractivity contribution in [2.45, 2.75) is 12.3 Å². The van der Waals surface area contributed by atoms with Gasteiger partial charge in [0.1, 0.15) is 15.2 Å². The minimum atomic E-state index is -2.79. The lowest BCUT2D eigenvalue weighted by Gasteiger charge is -2.06. The van der Waals surface area contributed by atoms with Crippen LogP contribution >= 0.6 is 34.2 Å². The van der Waals surface area contributed by atoms with Gasteiger partial charge < -0.3 is 0 Å². The summed E-state index contributed by atoms with van der Waals surface area (Å²) in [4.78, 5) is 3.52. The van der Waals surface area contributed by atoms with Crippen LogP contribution in [0.1, 0.15) is 17.7 Å². The van der Waals surface area contributed by atoms with Crippen LogP contribution in [-0.4, -0.2) is 4.98 Å². The van der Waals surface area contributed by atoms with Crippen LogP contribution in [0.5, 0.6) is 0 Å². The van der Waals surface area contributed by atoms with Gasteiger partial charge in [-0.2, -0.15) is 0 Å². The first-order chi connectivity index (χ1) is 6.06. The summed E-state index contributed by atoms with van der Waals surface area (Å²) in [5, 5.41) is 0. The van der Waals surface area contributed by atoms with Crippen LogP contribution in [0, 0.1) is 9.52 Å². The third-order valence-electron chi connectivity index (χ3n) is 1.41. The second kappa shape index (κ2) is 4.45. The lowest BCUT2D eigenvalue weighted by molar-refractivity contribution is 0.144. The van der Waals surface area contributed by atoms with Crippen molar-refractivity contribution in [2.75, 3.05) is 0 Å². The Morgan fingerprint density at radius 1 is 1.54 bits per heavy atom. The van der Waals surface area contributed by atoms with E-state index >= 15 is 0 Å². The Morgan fingerprint density at radius 2 is 2.15 bits per heavy atom. The third-order valence-corrected chi connectivity index (χ3v) is 2.23. The first kappa shape index (κ1) is 11.0. The molecule has 0 atom stereocenters. The van der Waals surface area contributed by atoms with Crippen LogP contribution in [0.25, 0.3) is 0 Å². The van der Waals surface area contributed by atoms with E-state index in [1.165, 1.54) is 0 Å². The maximum absolute atomic E-state index is 13.0. The van der Waals surface area contributed by atoms with E-state index < -0.39 is 17.9 Å². The Balaban J connectivity index is 3.29. The molecule has 0 spiro atoms. The normalized spacial score (nSPS) is 10.9. The average molecular weight is 321 g/mol. The van der Waals surface area contributed by atoms with Gasteiger partial charge in [0.05, 0.1) is 5.88 Å². The van der Waals surface area contributed by atoms with Crippen molar-refractivity contribution >= 4 is 34.2 Å². The van der Waals surface area contributed by atoms with Gasteiger partial charge in [-0.1, -0.05) is 0 Å². The van der Waals surface area contributed by atoms with Gasteiger partial charge in [0.2, 0.25) is 0 Å². The Hall–Kier alpha value is -0.0400. The summed E-state index contributed by atoms with van der Waals surface area (Å²) in [5.41, 5.74) is -0.795. The molecular weight excluding hydrogens is 317 g/mol. The number of hydrogen-bond donors (Lipinski definition) is 0. The molecule has 1 heterocycles. The summed E-state index contributed by atoms with van der Waals surface area (Å²) in [6.07, 6.45) is -2.79. The molecule has 1 nitrogen and oxygen atoms in total. The minimum Gasteiger partial charge on any atom is -0.240 e. The van der Waals surface area contributed by atoms with E-state index in [9.17, 15) is 13.2 Å². The zero-order valence-corrected chi connectivity index (χ0v) is 9.11. The van der Waals surface area contributed by atoms with Gasteiger partial charge in [-0.25, -0.2) is 18.2 Å². The van der Waals surface area contributed by atoms with E-state index in [0.29, 0.717) is 0 Å². The van der Waals surface area contributed by atoms with Gasteiger partial charge in [-0.15, -0.1) is 11.6 Å². The topological polar surface area (TPSA) is 12.9 Å². The molecule has 13 heavy (non-hydrogen) atoms. The summed E-state index contributed by atoms with van der Waals surface area (Å²) in [5.74, 6) is -1.03. The van der Waals surface area contributed by atoms with Gasteiger partial charge in [0.15, 0.2) is 0 Å². The minimum absolute atomic E-state index is 0.194. The first-order valence-corrected chi connectivity index (χ1v) is 4.86. The second-order valence-corrected chi connectivity index (χ2v) is 3.60. The summed E-state index contributed by atoms with van der Waals surface area (Å²) in [7, 11) is 0. The number of halogens is 5. The van der Waals surface area contributed by atoms with Crippen molar-refractivity contribution in [3.8, 4) is 0 Å². The summed E-state index contributed by atoms with van der Waals surface area (Å²) in [6, 6.07) is 1.07. The van der Waals surface area contributed by atoms with E-state index in [4.69, 9.17) is 11.6 Å². The number of alkyl halides is 3. The molecule has 0 bridgehead atoms. The van der Waals surface area contributed by atoms with E-state index in [1.54, 1.807) is 22.6 Å². The molecule has 1 aromatic rings. The van der Waals surface area contributed by atoms with Gasteiger partial charge in [-0.05, 0) is 22.6 Å². The molecule has 0 N–H and O–H groups in total. The number of aromatic nitrogens is 1. The molecule has 0 aliphatic carbocycles. The highest BCUT2D eigenvalue weighted by molar-refractivity contribution is 14.1. The standard InChI is InChI=1S/C7H4ClF3IN/c8-2-3-4(9)1-5(12)13-6(3)7(10)11/h1,7H,2H2. The smallest absolute Gasteiger partial charge is 0.240 e. The molecule has 0 unspecified atom stereocenters. The molecule has 1 aromatic heterocycles. The fourth-order valence-corrected chi connectivity index (χ4v) is 1.64. The highest BCUT2D eigenvalue weighted by Gasteiger charge is 2.18. The van der Waals surface area contributed by atoms with Crippen molar-refractivity contribution < 1.29 is 13.2 Å². The van der Waals surface area contributed by atoms with Crippen molar-refractivity contribution in [2.24, 2.45) is 0 Å². The quantitative estimate of drug-likeness (QED) is 0.461. The monoisotopic (exact) mass is 321 g/mol. The molecule has 0 aromatic carbocycles. The fraction of sp³-hybridized carbons (Fsp3) is 0.286. The third kappa shape index (κ3) is 2.46. The van der Waals surface area contributed by atoms with Crippen molar-refractivity contribution in [1.29, 1.82) is 0 Å². The molecule has 0 radical (unpaired) electrons. The molecule has 0 aliphatic heterocycles. The lowest BCUT2D eigenvalue weighted by Crippen LogP contribution is -2.02. The van der Waals surface area contributed by atoms with Gasteiger partial charge in [0, 0.05) is 11.6 Å². The summed E-state index contributed by atoms with van der Waals surface area (Å²) in [6.45, 7) is 0. The molecule has 0 saturated carbocycles. The van der Waals surface area contributed by atoms with E-state index in [0.717, 1.165) is 6.07 Å². The van der Waals surface area contributed by atoms with E-state index in [-0.39, 0.29) is 15.1 Å². The largest absolute Gasteiger partial charge is 0.280 e. The lowest BCUT2D eigenvalue weighted by atomic mass is 10.2. The van der Waals surface area contributed by atoms with Crippen LogP contribution in [0.4, 0.5) is 13.2 Å². The van der Waals surface area contributed by atoms with Crippen LogP contribution in [0.2, 0.25) is 0 Å². The first-order valence-electron chi connectivity index (χ1n) is 3.25. The molecule has 0 saturated heterocycles. The predicted octanol–water partition coefficient (Wildman–Crippen LogP) is 3.50. The Labute approximate surface area is 91.4 Å². The highest BCUT2D eigenvalue weighted by atomic mass is 127. The Bertz CT molecular complexity index is 319. The summed E-state index contributed by atoms with van der Waals surface area (Å²) >= 11 is 6.99. The van der Waals surface area contributed by atoms with Gasteiger partial charge in [0.25, 0.3) is 6.43 Å². The number of rotatable bonds is 2. The molecule has 0 amide bonds. The SMILES string of the molecule is Fc1cc(I)nc(C(F)F)c1CCl. The molecule has 0 aliphatic rings. The van der Waals surface area contributed by atoms with Gasteiger partial charge in [-0.3, -0.25) is 0 Å². The van der Waals surface area contributed by atoms with Gasteiger partial charge >= 0.3 is 0 Å². The Kier molecular flexibility index (Phi) is 3.78. The van der Waals surface area contributed by atoms with Crippen LogP contribution in [-0.2, 0) is 5.88 Å². The average Bonchev–Trinajstić information content (AvgIpc) is 2.02. The highest BCUT2D eigenvalue weighted by Crippen LogP contribution is 2.25. The fourth-order valence-electron chi connectivity index (χ4n) is 0.842. The van der Waals surface area contributed by atoms with Crippen molar-refractivity contribution in [3.05, 3.63) is 26.8 Å². The maximum Gasteiger partial charge on any atom is 0.280 e. The Morgan fingerprint density at radius 3 is 2.62 bits per heavy atom. The summed E-state index contributed by atoms with van der Waals surface area (Å²) < 4.78 is 37.8. The van der Waals surface area contributed by atoms with Crippen LogP contribution in [0.3, 0.4) is 0 Å². The van der Waals surface area contributed by atoms with E-state index in [1.807, 2.05) is 0 Å². The van der Waals surface area contributed by atoms with Crippen LogP contribution in [0.15, 0.2) is 6.07 Å². The molecule has 1 rings (SSSR count). The van der Waals surface area contributed by atoms with Crippen LogP contribution < -0.4 is 0 Å². The molecule has 72 valence electrons. The number of hydrogen-bond acceptors (Lipinski definition) is 1. The zero-order chi connectivity index (χ0) is 10.0. The number of pyridine rings is 1. The van der Waals surface area contributed by atoms with E-state index in [2.05, 4.69) is 4.98 Å². The zero-order valence-electron chi connectivity index (χ0n) is 6.20. The number of nitrogens with zero attached hydrogens (tertiary/aromatic N) is 1. The second-order valence-electron chi connectivity index (χ2n) is 2.22. The molecule has 6 heteroatoms. The predicted molar refractivity (Wildman–Crippen MR) is 51.4 cm³/mol.